The molecular formula is C9H10F3N5O2. The summed E-state index contributed by atoms with van der Waals surface area (Å²) in [5, 5.41) is 9.18. The van der Waals surface area contributed by atoms with E-state index in [2.05, 4.69) is 15.6 Å². The van der Waals surface area contributed by atoms with Gasteiger partial charge in [-0.3, -0.25) is 9.48 Å². The summed E-state index contributed by atoms with van der Waals surface area (Å²) in [6.07, 6.45) is -4.04. The van der Waals surface area contributed by atoms with Crippen LogP contribution in [0.1, 0.15) is 10.5 Å². The Bertz CT molecular complexity index is 498. The van der Waals surface area contributed by atoms with Crippen LogP contribution in [-0.2, 0) is 6.54 Å². The summed E-state index contributed by atoms with van der Waals surface area (Å²) in [5.41, 5.74) is -0.752. The summed E-state index contributed by atoms with van der Waals surface area (Å²) in [6.45, 7) is 1.52. The Morgan fingerprint density at radius 3 is 2.74 bits per heavy atom. The van der Waals surface area contributed by atoms with Crippen molar-refractivity contribution in [2.45, 2.75) is 12.7 Å². The molecule has 1 saturated heterocycles. The highest BCUT2D eigenvalue weighted by Gasteiger charge is 2.41. The molecule has 1 aliphatic heterocycles. The highest BCUT2D eigenvalue weighted by Crippen LogP contribution is 2.19. The zero-order valence-electron chi connectivity index (χ0n) is 9.65. The third-order valence-corrected chi connectivity index (χ3v) is 2.57. The number of aromatic nitrogens is 3. The number of hydrogen-bond acceptors (Lipinski definition) is 4. The maximum atomic E-state index is 12.1. The standard InChI is InChI=1S/C9H10F3N5O2/c10-9(11,12)7(18)6-5-17(15-14-6)4-3-16-2-1-13-8(16)19/h5H,1-4H2,(H,13,19). The molecule has 1 fully saturated rings. The number of Topliss-reactive ketones (excluding diaryl/α,β-unsaturated/α-hetero) is 1. The number of ketones is 1. The van der Waals surface area contributed by atoms with Gasteiger partial charge in [0.25, 0.3) is 5.78 Å². The zero-order chi connectivity index (χ0) is 14.0. The lowest BCUT2D eigenvalue weighted by atomic mass is 10.3. The fraction of sp³-hybridized carbons (Fsp3) is 0.556. The van der Waals surface area contributed by atoms with E-state index in [4.69, 9.17) is 0 Å². The predicted octanol–water partition coefficient (Wildman–Crippen LogP) is 0.0483. The number of carbonyl (C=O) groups excluding carboxylic acids is 2. The highest BCUT2D eigenvalue weighted by atomic mass is 19.4. The maximum absolute atomic E-state index is 12.1. The second kappa shape index (κ2) is 4.86. The average molecular weight is 277 g/mol. The fourth-order valence-electron chi connectivity index (χ4n) is 1.60. The van der Waals surface area contributed by atoms with Gasteiger partial charge in [0.05, 0.1) is 12.7 Å². The predicted molar refractivity (Wildman–Crippen MR) is 55.4 cm³/mol. The summed E-state index contributed by atoms with van der Waals surface area (Å²) in [4.78, 5) is 23.6. The van der Waals surface area contributed by atoms with Crippen LogP contribution >= 0.6 is 0 Å². The van der Waals surface area contributed by atoms with Crippen LogP contribution in [0.15, 0.2) is 6.20 Å². The summed E-state index contributed by atoms with van der Waals surface area (Å²) < 4.78 is 37.5. The molecule has 0 radical (unpaired) electrons. The Balaban J connectivity index is 1.94. The van der Waals surface area contributed by atoms with Gasteiger partial charge < -0.3 is 10.2 Å². The normalized spacial score (nSPS) is 15.7. The van der Waals surface area contributed by atoms with Crippen molar-refractivity contribution in [1.29, 1.82) is 0 Å². The molecule has 0 bridgehead atoms. The summed E-state index contributed by atoms with van der Waals surface area (Å²) in [7, 11) is 0. The first-order valence-corrected chi connectivity index (χ1v) is 5.42. The molecule has 0 aliphatic carbocycles. The minimum atomic E-state index is -4.96. The number of halogens is 3. The minimum absolute atomic E-state index is 0.172. The van der Waals surface area contributed by atoms with Crippen LogP contribution in [0, 0.1) is 0 Å². The number of carbonyl (C=O) groups is 2. The largest absolute Gasteiger partial charge is 0.456 e. The Morgan fingerprint density at radius 1 is 1.42 bits per heavy atom. The van der Waals surface area contributed by atoms with E-state index in [-0.39, 0.29) is 19.1 Å². The Labute approximate surface area is 105 Å². The Morgan fingerprint density at radius 2 is 2.16 bits per heavy atom. The maximum Gasteiger partial charge on any atom is 0.456 e. The van der Waals surface area contributed by atoms with Crippen LogP contribution < -0.4 is 5.32 Å². The van der Waals surface area contributed by atoms with E-state index in [1.807, 2.05) is 0 Å². The molecule has 7 nitrogen and oxygen atoms in total. The summed E-state index contributed by atoms with van der Waals surface area (Å²) in [5.74, 6) is -2.03. The number of hydrogen-bond donors (Lipinski definition) is 1. The van der Waals surface area contributed by atoms with Gasteiger partial charge in [-0.25, -0.2) is 4.79 Å². The van der Waals surface area contributed by atoms with Crippen LogP contribution in [0.4, 0.5) is 18.0 Å². The molecule has 104 valence electrons. The molecule has 2 amide bonds. The van der Waals surface area contributed by atoms with Gasteiger partial charge in [-0.05, 0) is 0 Å². The molecule has 1 aromatic heterocycles. The molecule has 1 aromatic rings. The molecule has 0 atom stereocenters. The van der Waals surface area contributed by atoms with E-state index < -0.39 is 17.7 Å². The van der Waals surface area contributed by atoms with E-state index >= 15 is 0 Å². The van der Waals surface area contributed by atoms with Gasteiger partial charge >= 0.3 is 12.2 Å². The molecular weight excluding hydrogens is 267 g/mol. The van der Waals surface area contributed by atoms with Gasteiger partial charge in [-0.15, -0.1) is 5.10 Å². The van der Waals surface area contributed by atoms with E-state index in [9.17, 15) is 22.8 Å². The zero-order valence-corrected chi connectivity index (χ0v) is 9.65. The first kappa shape index (κ1) is 13.3. The molecule has 10 heteroatoms. The van der Waals surface area contributed by atoms with Gasteiger partial charge in [0.1, 0.15) is 0 Å². The van der Waals surface area contributed by atoms with Crippen molar-refractivity contribution in [2.24, 2.45) is 0 Å². The lowest BCUT2D eigenvalue weighted by Gasteiger charge is -2.12. The molecule has 2 heterocycles. The molecule has 0 spiro atoms. The molecule has 2 rings (SSSR count). The van der Waals surface area contributed by atoms with Crippen molar-refractivity contribution in [1.82, 2.24) is 25.2 Å². The van der Waals surface area contributed by atoms with Gasteiger partial charge in [-0.1, -0.05) is 5.21 Å². The number of urea groups is 1. The van der Waals surface area contributed by atoms with Crippen LogP contribution in [0.25, 0.3) is 0 Å². The third kappa shape index (κ3) is 3.01. The fourth-order valence-corrected chi connectivity index (χ4v) is 1.60. The monoisotopic (exact) mass is 277 g/mol. The van der Waals surface area contributed by atoms with Crippen molar-refractivity contribution in [3.8, 4) is 0 Å². The molecule has 0 unspecified atom stereocenters. The average Bonchev–Trinajstić information content (AvgIpc) is 2.93. The molecule has 0 aromatic carbocycles. The van der Waals surface area contributed by atoms with Crippen molar-refractivity contribution in [3.63, 3.8) is 0 Å². The van der Waals surface area contributed by atoms with E-state index in [1.165, 1.54) is 4.90 Å². The van der Waals surface area contributed by atoms with Crippen LogP contribution in [0.3, 0.4) is 0 Å². The van der Waals surface area contributed by atoms with Crippen molar-refractivity contribution < 1.29 is 22.8 Å². The quantitative estimate of drug-likeness (QED) is 0.788. The van der Waals surface area contributed by atoms with Crippen LogP contribution in [-0.4, -0.2) is 57.5 Å². The van der Waals surface area contributed by atoms with E-state index in [0.29, 0.717) is 13.1 Å². The first-order chi connectivity index (χ1) is 8.88. The number of alkyl halides is 3. The molecule has 1 N–H and O–H groups in total. The van der Waals surface area contributed by atoms with Crippen molar-refractivity contribution >= 4 is 11.8 Å². The summed E-state index contributed by atoms with van der Waals surface area (Å²) >= 11 is 0. The molecule has 0 saturated carbocycles. The molecule has 19 heavy (non-hydrogen) atoms. The SMILES string of the molecule is O=C1NCCN1CCn1cc(C(=O)C(F)(F)F)nn1. The van der Waals surface area contributed by atoms with Gasteiger partial charge in [0, 0.05) is 19.6 Å². The van der Waals surface area contributed by atoms with E-state index in [0.717, 1.165) is 10.9 Å². The number of rotatable bonds is 4. The third-order valence-electron chi connectivity index (χ3n) is 2.57. The minimum Gasteiger partial charge on any atom is -0.336 e. The van der Waals surface area contributed by atoms with Gasteiger partial charge in [0.2, 0.25) is 0 Å². The number of nitrogens with one attached hydrogen (secondary N) is 1. The van der Waals surface area contributed by atoms with Gasteiger partial charge in [-0.2, -0.15) is 13.2 Å². The van der Waals surface area contributed by atoms with Crippen molar-refractivity contribution in [2.75, 3.05) is 19.6 Å². The smallest absolute Gasteiger partial charge is 0.336 e. The topological polar surface area (TPSA) is 80.1 Å². The second-order valence-electron chi connectivity index (χ2n) is 3.91. The van der Waals surface area contributed by atoms with Crippen LogP contribution in [0.2, 0.25) is 0 Å². The number of amides is 2. The summed E-state index contributed by atoms with van der Waals surface area (Å²) in [6, 6.07) is -0.230. The van der Waals surface area contributed by atoms with Gasteiger partial charge in [0.15, 0.2) is 5.69 Å². The van der Waals surface area contributed by atoms with Crippen molar-refractivity contribution in [3.05, 3.63) is 11.9 Å². The first-order valence-electron chi connectivity index (χ1n) is 5.42. The Hall–Kier alpha value is -2.13. The van der Waals surface area contributed by atoms with E-state index in [1.54, 1.807) is 0 Å². The molecule has 1 aliphatic rings. The second-order valence-corrected chi connectivity index (χ2v) is 3.91. The van der Waals surface area contributed by atoms with Crippen LogP contribution in [0.5, 0.6) is 0 Å². The number of nitrogens with zero attached hydrogens (tertiary/aromatic N) is 4. The highest BCUT2D eigenvalue weighted by molar-refractivity contribution is 5.98. The lowest BCUT2D eigenvalue weighted by Crippen LogP contribution is -2.31. The lowest BCUT2D eigenvalue weighted by molar-refractivity contribution is -0.0888. The Kier molecular flexibility index (Phi) is 3.40.